The van der Waals surface area contributed by atoms with Crippen molar-refractivity contribution in [1.82, 2.24) is 15.2 Å². The Morgan fingerprint density at radius 2 is 2.12 bits per heavy atom. The molecule has 1 unspecified atom stereocenters. The first-order chi connectivity index (χ1) is 12.2. The minimum Gasteiger partial charge on any atom is -0.384 e. The maximum atomic E-state index is 12.1. The van der Waals surface area contributed by atoms with Crippen molar-refractivity contribution in [3.05, 3.63) is 65.9 Å². The number of nitrogens with two attached hydrogens (primary N) is 1. The lowest BCUT2D eigenvalue weighted by Crippen LogP contribution is -2.31. The third-order valence-electron chi connectivity index (χ3n) is 4.44. The van der Waals surface area contributed by atoms with Gasteiger partial charge in [-0.3, -0.25) is 9.69 Å². The zero-order chi connectivity index (χ0) is 17.5. The van der Waals surface area contributed by atoms with Crippen LogP contribution in [0.4, 0.5) is 5.82 Å². The van der Waals surface area contributed by atoms with Gasteiger partial charge in [0.15, 0.2) is 0 Å². The Kier molecular flexibility index (Phi) is 5.80. The lowest BCUT2D eigenvalue weighted by atomic mass is 10.1. The van der Waals surface area contributed by atoms with Gasteiger partial charge in [0.25, 0.3) is 5.91 Å². The standard InChI is InChI=1S/C20H24N4O/c21-19-9-8-18(14-22-19)20(25)23-13-17-10-12-24(15-17)11-4-7-16-5-2-1-3-6-16/h1-9,14,17H,10-13,15H2,(H2,21,22)(H,23,25). The summed E-state index contributed by atoms with van der Waals surface area (Å²) < 4.78 is 0. The van der Waals surface area contributed by atoms with E-state index in [4.69, 9.17) is 5.73 Å². The minimum absolute atomic E-state index is 0.0880. The van der Waals surface area contributed by atoms with Gasteiger partial charge in [0, 0.05) is 25.8 Å². The summed E-state index contributed by atoms with van der Waals surface area (Å²) in [6.07, 6.45) is 6.99. The largest absolute Gasteiger partial charge is 0.384 e. The summed E-state index contributed by atoms with van der Waals surface area (Å²) in [6, 6.07) is 13.7. The van der Waals surface area contributed by atoms with Gasteiger partial charge in [-0.15, -0.1) is 0 Å². The van der Waals surface area contributed by atoms with Crippen LogP contribution in [0.1, 0.15) is 22.3 Å². The van der Waals surface area contributed by atoms with Crippen molar-refractivity contribution >= 4 is 17.8 Å². The van der Waals surface area contributed by atoms with E-state index >= 15 is 0 Å². The Balaban J connectivity index is 1.40. The molecular formula is C20H24N4O. The molecule has 0 radical (unpaired) electrons. The van der Waals surface area contributed by atoms with Gasteiger partial charge in [-0.1, -0.05) is 42.5 Å². The van der Waals surface area contributed by atoms with Crippen LogP contribution < -0.4 is 11.1 Å². The molecule has 5 heteroatoms. The van der Waals surface area contributed by atoms with Crippen LogP contribution in [0.15, 0.2) is 54.7 Å². The Bertz CT molecular complexity index is 712. The maximum Gasteiger partial charge on any atom is 0.252 e. The third-order valence-corrected chi connectivity index (χ3v) is 4.44. The molecule has 2 aromatic rings. The van der Waals surface area contributed by atoms with Crippen molar-refractivity contribution in [2.24, 2.45) is 5.92 Å². The predicted molar refractivity (Wildman–Crippen MR) is 101 cm³/mol. The summed E-state index contributed by atoms with van der Waals surface area (Å²) >= 11 is 0. The van der Waals surface area contributed by atoms with Crippen LogP contribution in [-0.4, -0.2) is 42.0 Å². The van der Waals surface area contributed by atoms with E-state index in [0.29, 0.717) is 23.8 Å². The molecule has 0 spiro atoms. The number of carbonyl (C=O) groups excluding carboxylic acids is 1. The number of aromatic nitrogens is 1. The quantitative estimate of drug-likeness (QED) is 0.850. The molecule has 130 valence electrons. The van der Waals surface area contributed by atoms with Crippen molar-refractivity contribution in [2.75, 3.05) is 31.9 Å². The molecule has 1 amide bonds. The number of anilines is 1. The molecule has 1 aromatic carbocycles. The lowest BCUT2D eigenvalue weighted by Gasteiger charge is -2.14. The molecule has 1 aliphatic rings. The highest BCUT2D eigenvalue weighted by atomic mass is 16.1. The second kappa shape index (κ2) is 8.44. The van der Waals surface area contributed by atoms with Crippen molar-refractivity contribution < 1.29 is 4.79 Å². The number of hydrogen-bond acceptors (Lipinski definition) is 4. The van der Waals surface area contributed by atoms with Crippen LogP contribution >= 0.6 is 0 Å². The van der Waals surface area contributed by atoms with E-state index in [1.54, 1.807) is 12.1 Å². The van der Waals surface area contributed by atoms with Gasteiger partial charge in [-0.05, 0) is 36.6 Å². The first-order valence-electron chi connectivity index (χ1n) is 8.64. The molecule has 25 heavy (non-hydrogen) atoms. The number of benzene rings is 1. The van der Waals surface area contributed by atoms with Crippen LogP contribution in [0.2, 0.25) is 0 Å². The van der Waals surface area contributed by atoms with E-state index in [-0.39, 0.29) is 5.91 Å². The summed E-state index contributed by atoms with van der Waals surface area (Å²) in [5, 5.41) is 3.00. The fraction of sp³-hybridized carbons (Fsp3) is 0.300. The van der Waals surface area contributed by atoms with Gasteiger partial charge in [0.1, 0.15) is 5.82 Å². The summed E-state index contributed by atoms with van der Waals surface area (Å²) in [5.41, 5.74) is 7.31. The van der Waals surface area contributed by atoms with E-state index in [1.165, 1.54) is 11.8 Å². The molecule has 3 rings (SSSR count). The number of amides is 1. The van der Waals surface area contributed by atoms with Crippen LogP contribution in [0.5, 0.6) is 0 Å². The van der Waals surface area contributed by atoms with Gasteiger partial charge in [-0.2, -0.15) is 0 Å². The van der Waals surface area contributed by atoms with E-state index in [9.17, 15) is 4.79 Å². The lowest BCUT2D eigenvalue weighted by molar-refractivity contribution is 0.0947. The molecule has 3 N–H and O–H groups in total. The zero-order valence-corrected chi connectivity index (χ0v) is 14.3. The summed E-state index contributed by atoms with van der Waals surface area (Å²) in [4.78, 5) is 18.5. The monoisotopic (exact) mass is 336 g/mol. The fourth-order valence-electron chi connectivity index (χ4n) is 3.03. The Hall–Kier alpha value is -2.66. The van der Waals surface area contributed by atoms with Crippen molar-refractivity contribution in [2.45, 2.75) is 6.42 Å². The second-order valence-electron chi connectivity index (χ2n) is 6.41. The van der Waals surface area contributed by atoms with Crippen molar-refractivity contribution in [1.29, 1.82) is 0 Å². The van der Waals surface area contributed by atoms with Crippen molar-refractivity contribution in [3.8, 4) is 0 Å². The number of rotatable bonds is 6. The summed E-state index contributed by atoms with van der Waals surface area (Å²) in [5.74, 6) is 0.831. The minimum atomic E-state index is -0.0880. The number of likely N-dealkylation sites (tertiary alicyclic amines) is 1. The number of nitrogens with one attached hydrogen (secondary N) is 1. The van der Waals surface area contributed by atoms with E-state index < -0.39 is 0 Å². The van der Waals surface area contributed by atoms with Crippen molar-refractivity contribution in [3.63, 3.8) is 0 Å². The Labute approximate surface area is 148 Å². The molecule has 0 bridgehead atoms. The average molecular weight is 336 g/mol. The molecular weight excluding hydrogens is 312 g/mol. The van der Waals surface area contributed by atoms with E-state index in [0.717, 1.165) is 26.1 Å². The molecule has 2 heterocycles. The number of hydrogen-bond donors (Lipinski definition) is 2. The maximum absolute atomic E-state index is 12.1. The molecule has 1 atom stereocenters. The molecule has 0 aliphatic carbocycles. The second-order valence-corrected chi connectivity index (χ2v) is 6.41. The average Bonchev–Trinajstić information content (AvgIpc) is 3.09. The first-order valence-corrected chi connectivity index (χ1v) is 8.64. The highest BCUT2D eigenvalue weighted by molar-refractivity contribution is 5.94. The van der Waals surface area contributed by atoms with Gasteiger partial charge in [0.2, 0.25) is 0 Å². The molecule has 0 saturated carbocycles. The molecule has 1 aromatic heterocycles. The van der Waals surface area contributed by atoms with Crippen LogP contribution in [-0.2, 0) is 0 Å². The van der Waals surface area contributed by atoms with Gasteiger partial charge < -0.3 is 11.1 Å². The molecule has 1 saturated heterocycles. The summed E-state index contributed by atoms with van der Waals surface area (Å²) in [6.45, 7) is 3.73. The van der Waals surface area contributed by atoms with Crippen LogP contribution in [0.25, 0.3) is 6.08 Å². The van der Waals surface area contributed by atoms with E-state index in [1.807, 2.05) is 18.2 Å². The highest BCUT2D eigenvalue weighted by Gasteiger charge is 2.22. The van der Waals surface area contributed by atoms with E-state index in [2.05, 4.69) is 39.5 Å². The molecule has 1 fully saturated rings. The highest BCUT2D eigenvalue weighted by Crippen LogP contribution is 2.15. The van der Waals surface area contributed by atoms with Crippen LogP contribution in [0, 0.1) is 5.92 Å². The molecule has 5 nitrogen and oxygen atoms in total. The smallest absolute Gasteiger partial charge is 0.252 e. The number of carbonyl (C=O) groups is 1. The number of pyridine rings is 1. The van der Waals surface area contributed by atoms with Gasteiger partial charge in [-0.25, -0.2) is 4.98 Å². The third kappa shape index (κ3) is 5.16. The first kappa shape index (κ1) is 17.2. The Morgan fingerprint density at radius 3 is 2.88 bits per heavy atom. The zero-order valence-electron chi connectivity index (χ0n) is 14.3. The fourth-order valence-corrected chi connectivity index (χ4v) is 3.03. The molecule has 1 aliphatic heterocycles. The van der Waals surface area contributed by atoms with Gasteiger partial charge in [0.05, 0.1) is 5.56 Å². The number of nitrogens with zero attached hydrogens (tertiary/aromatic N) is 2. The van der Waals surface area contributed by atoms with Crippen LogP contribution in [0.3, 0.4) is 0 Å². The number of nitrogen functional groups attached to an aromatic ring is 1. The predicted octanol–water partition coefficient (Wildman–Crippen LogP) is 2.43. The van der Waals surface area contributed by atoms with Gasteiger partial charge >= 0.3 is 0 Å². The Morgan fingerprint density at radius 1 is 1.28 bits per heavy atom. The normalized spacial score (nSPS) is 17.8. The topological polar surface area (TPSA) is 71.2 Å². The SMILES string of the molecule is Nc1ccc(C(=O)NCC2CCN(CC=Cc3ccccc3)C2)cn1. The summed E-state index contributed by atoms with van der Waals surface area (Å²) in [7, 11) is 0.